The van der Waals surface area contributed by atoms with Gasteiger partial charge in [-0.05, 0) is 43.2 Å². The SMILES string of the molecule is O=C(Nc1cccc(Br)c1)c1ccc(N2CCCC2)c([N+](=O)[O-])c1. The van der Waals surface area contributed by atoms with Crippen LogP contribution >= 0.6 is 15.9 Å². The first-order valence-corrected chi connectivity index (χ1v) is 8.44. The van der Waals surface area contributed by atoms with Gasteiger partial charge in [0.15, 0.2) is 0 Å². The van der Waals surface area contributed by atoms with Gasteiger partial charge in [-0.15, -0.1) is 0 Å². The van der Waals surface area contributed by atoms with E-state index in [2.05, 4.69) is 21.2 Å². The fourth-order valence-electron chi connectivity index (χ4n) is 2.81. The van der Waals surface area contributed by atoms with Crippen LogP contribution in [0.15, 0.2) is 46.9 Å². The van der Waals surface area contributed by atoms with Gasteiger partial charge in [0.1, 0.15) is 5.69 Å². The third kappa shape index (κ3) is 3.56. The summed E-state index contributed by atoms with van der Waals surface area (Å²) in [4.78, 5) is 25.3. The first-order valence-electron chi connectivity index (χ1n) is 7.65. The Hall–Kier alpha value is -2.41. The van der Waals surface area contributed by atoms with Crippen LogP contribution in [0.5, 0.6) is 0 Å². The molecule has 0 spiro atoms. The Morgan fingerprint density at radius 1 is 1.17 bits per heavy atom. The lowest BCUT2D eigenvalue weighted by atomic mass is 10.1. The second-order valence-corrected chi connectivity index (χ2v) is 6.53. The van der Waals surface area contributed by atoms with Crippen molar-refractivity contribution >= 4 is 38.9 Å². The zero-order chi connectivity index (χ0) is 17.1. The van der Waals surface area contributed by atoms with E-state index in [1.807, 2.05) is 11.0 Å². The number of hydrogen-bond donors (Lipinski definition) is 1. The number of carbonyl (C=O) groups excluding carboxylic acids is 1. The van der Waals surface area contributed by atoms with E-state index in [1.54, 1.807) is 30.3 Å². The molecule has 1 amide bonds. The summed E-state index contributed by atoms with van der Waals surface area (Å²) in [5, 5.41) is 14.1. The molecular weight excluding hydrogens is 374 g/mol. The Morgan fingerprint density at radius 3 is 2.58 bits per heavy atom. The largest absolute Gasteiger partial charge is 0.366 e. The Balaban J connectivity index is 1.86. The van der Waals surface area contributed by atoms with Crippen molar-refractivity contribution in [2.75, 3.05) is 23.3 Å². The summed E-state index contributed by atoms with van der Waals surface area (Å²) in [6, 6.07) is 11.8. The summed E-state index contributed by atoms with van der Waals surface area (Å²) in [5.74, 6) is -0.371. The van der Waals surface area contributed by atoms with Gasteiger partial charge < -0.3 is 10.2 Å². The molecule has 0 aliphatic carbocycles. The van der Waals surface area contributed by atoms with Crippen molar-refractivity contribution in [3.63, 3.8) is 0 Å². The standard InChI is InChI=1S/C17H16BrN3O3/c18-13-4-3-5-14(11-13)19-17(22)12-6-7-15(16(10-12)21(23)24)20-8-1-2-9-20/h3-7,10-11H,1-2,8-9H2,(H,19,22). The molecule has 0 bridgehead atoms. The molecule has 24 heavy (non-hydrogen) atoms. The van der Waals surface area contributed by atoms with E-state index in [1.165, 1.54) is 6.07 Å². The van der Waals surface area contributed by atoms with Gasteiger partial charge in [0.2, 0.25) is 0 Å². The van der Waals surface area contributed by atoms with Crippen LogP contribution in [0.2, 0.25) is 0 Å². The van der Waals surface area contributed by atoms with Crippen LogP contribution < -0.4 is 10.2 Å². The highest BCUT2D eigenvalue weighted by atomic mass is 79.9. The summed E-state index contributed by atoms with van der Waals surface area (Å²) in [5.41, 5.74) is 1.44. The van der Waals surface area contributed by atoms with Crippen LogP contribution in [0.1, 0.15) is 23.2 Å². The normalized spacial score (nSPS) is 13.8. The lowest BCUT2D eigenvalue weighted by Crippen LogP contribution is -2.19. The third-order valence-corrected chi connectivity index (χ3v) is 4.46. The summed E-state index contributed by atoms with van der Waals surface area (Å²) in [6.45, 7) is 1.62. The zero-order valence-electron chi connectivity index (χ0n) is 12.9. The molecular formula is C17H16BrN3O3. The number of benzene rings is 2. The summed E-state index contributed by atoms with van der Waals surface area (Å²) >= 11 is 3.34. The van der Waals surface area contributed by atoms with E-state index in [0.29, 0.717) is 11.4 Å². The predicted molar refractivity (Wildman–Crippen MR) is 96.6 cm³/mol. The van der Waals surface area contributed by atoms with Crippen molar-refractivity contribution in [3.8, 4) is 0 Å². The van der Waals surface area contributed by atoms with Crippen LogP contribution in [-0.2, 0) is 0 Å². The second-order valence-electron chi connectivity index (χ2n) is 5.62. The van der Waals surface area contributed by atoms with Crippen molar-refractivity contribution in [2.45, 2.75) is 12.8 Å². The molecule has 1 saturated heterocycles. The number of nitro benzene ring substituents is 1. The minimum Gasteiger partial charge on any atom is -0.366 e. The molecule has 0 unspecified atom stereocenters. The third-order valence-electron chi connectivity index (χ3n) is 3.96. The van der Waals surface area contributed by atoms with Crippen LogP contribution in [0.25, 0.3) is 0 Å². The van der Waals surface area contributed by atoms with Gasteiger partial charge in [-0.2, -0.15) is 0 Å². The fourth-order valence-corrected chi connectivity index (χ4v) is 3.21. The number of carbonyl (C=O) groups is 1. The van der Waals surface area contributed by atoms with E-state index < -0.39 is 4.92 Å². The van der Waals surface area contributed by atoms with Gasteiger partial charge in [0, 0.05) is 34.9 Å². The number of amides is 1. The maximum atomic E-state index is 12.4. The van der Waals surface area contributed by atoms with Gasteiger partial charge >= 0.3 is 0 Å². The van der Waals surface area contributed by atoms with Gasteiger partial charge in [0.25, 0.3) is 11.6 Å². The lowest BCUT2D eigenvalue weighted by Gasteiger charge is -2.17. The summed E-state index contributed by atoms with van der Waals surface area (Å²) < 4.78 is 0.843. The maximum Gasteiger partial charge on any atom is 0.293 e. The molecule has 1 aliphatic rings. The van der Waals surface area contributed by atoms with E-state index in [-0.39, 0.29) is 17.2 Å². The van der Waals surface area contributed by atoms with Crippen LogP contribution in [0.3, 0.4) is 0 Å². The Bertz CT molecular complexity index is 788. The number of halogens is 1. The van der Waals surface area contributed by atoms with E-state index in [0.717, 1.165) is 30.4 Å². The molecule has 0 radical (unpaired) electrons. The van der Waals surface area contributed by atoms with Crippen molar-refractivity contribution in [1.29, 1.82) is 0 Å². The molecule has 2 aromatic carbocycles. The quantitative estimate of drug-likeness (QED) is 0.627. The molecule has 124 valence electrons. The minimum absolute atomic E-state index is 0.0289. The minimum atomic E-state index is -0.427. The molecule has 3 rings (SSSR count). The molecule has 7 heteroatoms. The molecule has 0 aromatic heterocycles. The molecule has 1 fully saturated rings. The van der Waals surface area contributed by atoms with Crippen molar-refractivity contribution in [1.82, 2.24) is 0 Å². The summed E-state index contributed by atoms with van der Waals surface area (Å²) in [6.07, 6.45) is 2.06. The van der Waals surface area contributed by atoms with Gasteiger partial charge in [-0.25, -0.2) is 0 Å². The van der Waals surface area contributed by atoms with Gasteiger partial charge in [-0.3, -0.25) is 14.9 Å². The Labute approximate surface area is 147 Å². The Kier molecular flexibility index (Phi) is 4.80. The van der Waals surface area contributed by atoms with Crippen molar-refractivity contribution < 1.29 is 9.72 Å². The zero-order valence-corrected chi connectivity index (χ0v) is 14.5. The van der Waals surface area contributed by atoms with Crippen LogP contribution in [0.4, 0.5) is 17.1 Å². The van der Waals surface area contributed by atoms with Crippen molar-refractivity contribution in [3.05, 3.63) is 62.6 Å². The van der Waals surface area contributed by atoms with Crippen LogP contribution in [0, 0.1) is 10.1 Å². The first-order chi connectivity index (χ1) is 11.5. The highest BCUT2D eigenvalue weighted by Gasteiger charge is 2.23. The molecule has 6 nitrogen and oxygen atoms in total. The maximum absolute atomic E-state index is 12.4. The molecule has 1 aliphatic heterocycles. The molecule has 0 saturated carbocycles. The number of hydrogen-bond acceptors (Lipinski definition) is 4. The van der Waals surface area contributed by atoms with E-state index >= 15 is 0 Å². The first kappa shape index (κ1) is 16.4. The van der Waals surface area contributed by atoms with Gasteiger partial charge in [-0.1, -0.05) is 22.0 Å². The average molecular weight is 390 g/mol. The van der Waals surface area contributed by atoms with E-state index in [4.69, 9.17) is 0 Å². The number of nitro groups is 1. The second kappa shape index (κ2) is 7.00. The number of anilines is 2. The number of nitrogens with one attached hydrogen (secondary N) is 1. The Morgan fingerprint density at radius 2 is 1.92 bits per heavy atom. The molecule has 2 aromatic rings. The average Bonchev–Trinajstić information content (AvgIpc) is 3.08. The number of rotatable bonds is 4. The number of nitrogens with zero attached hydrogens (tertiary/aromatic N) is 2. The molecule has 0 atom stereocenters. The van der Waals surface area contributed by atoms with E-state index in [9.17, 15) is 14.9 Å². The van der Waals surface area contributed by atoms with Crippen molar-refractivity contribution in [2.24, 2.45) is 0 Å². The highest BCUT2D eigenvalue weighted by molar-refractivity contribution is 9.10. The van der Waals surface area contributed by atoms with Crippen LogP contribution in [-0.4, -0.2) is 23.9 Å². The topological polar surface area (TPSA) is 75.5 Å². The molecule has 1 N–H and O–H groups in total. The highest BCUT2D eigenvalue weighted by Crippen LogP contribution is 2.32. The monoisotopic (exact) mass is 389 g/mol. The fraction of sp³-hybridized carbons (Fsp3) is 0.235. The predicted octanol–water partition coefficient (Wildman–Crippen LogP) is 4.21. The van der Waals surface area contributed by atoms with Gasteiger partial charge in [0.05, 0.1) is 4.92 Å². The molecule has 1 heterocycles. The lowest BCUT2D eigenvalue weighted by molar-refractivity contribution is -0.384. The summed E-state index contributed by atoms with van der Waals surface area (Å²) in [7, 11) is 0. The smallest absolute Gasteiger partial charge is 0.293 e.